The summed E-state index contributed by atoms with van der Waals surface area (Å²) in [6.45, 7) is 4.58. The third-order valence-corrected chi connectivity index (χ3v) is 6.29. The number of nitrogens with two attached hydrogens (primary N) is 1. The van der Waals surface area contributed by atoms with Crippen molar-refractivity contribution >= 4 is 5.91 Å². The highest BCUT2D eigenvalue weighted by atomic mass is 16.2. The third-order valence-electron chi connectivity index (χ3n) is 6.29. The fourth-order valence-electron chi connectivity index (χ4n) is 5.14. The van der Waals surface area contributed by atoms with Gasteiger partial charge in [0.25, 0.3) is 0 Å². The molecule has 2 bridgehead atoms. The number of fused-ring (bicyclic) bond motifs is 2. The minimum absolute atomic E-state index is 0.100. The summed E-state index contributed by atoms with van der Waals surface area (Å²) in [4.78, 5) is 12.7. The molecule has 3 aliphatic carbocycles. The first-order valence-electron chi connectivity index (χ1n) is 8.64. The highest BCUT2D eigenvalue weighted by molar-refractivity contribution is 5.80. The summed E-state index contributed by atoms with van der Waals surface area (Å²) in [6.07, 6.45) is 8.66. The van der Waals surface area contributed by atoms with Crippen molar-refractivity contribution in [1.82, 2.24) is 5.32 Å². The van der Waals surface area contributed by atoms with E-state index in [1.54, 1.807) is 0 Å². The molecule has 3 heteroatoms. The molecule has 6 unspecified atom stereocenters. The number of hydrogen-bond donors (Lipinski definition) is 2. The number of nitrogens with one attached hydrogen (secondary N) is 1. The zero-order valence-corrected chi connectivity index (χ0v) is 13.0. The molecule has 20 heavy (non-hydrogen) atoms. The van der Waals surface area contributed by atoms with E-state index in [4.69, 9.17) is 5.73 Å². The molecule has 0 radical (unpaired) electrons. The van der Waals surface area contributed by atoms with E-state index in [-0.39, 0.29) is 17.9 Å². The van der Waals surface area contributed by atoms with E-state index in [0.717, 1.165) is 6.42 Å². The second-order valence-corrected chi connectivity index (χ2v) is 7.74. The number of carbonyl (C=O) groups is 1. The van der Waals surface area contributed by atoms with Crippen molar-refractivity contribution in [3.63, 3.8) is 0 Å². The number of carbonyl (C=O) groups excluding carboxylic acids is 1. The van der Waals surface area contributed by atoms with Crippen molar-refractivity contribution in [3.05, 3.63) is 0 Å². The summed E-state index contributed by atoms with van der Waals surface area (Å²) in [7, 11) is 0. The Balaban J connectivity index is 1.63. The van der Waals surface area contributed by atoms with Gasteiger partial charge in [0, 0.05) is 12.1 Å². The Kier molecular flexibility index (Phi) is 4.07. The lowest BCUT2D eigenvalue weighted by atomic mass is 9.77. The van der Waals surface area contributed by atoms with Crippen LogP contribution >= 0.6 is 0 Å². The Morgan fingerprint density at radius 2 is 1.80 bits per heavy atom. The van der Waals surface area contributed by atoms with Crippen LogP contribution in [0.2, 0.25) is 0 Å². The first-order chi connectivity index (χ1) is 9.58. The predicted molar refractivity (Wildman–Crippen MR) is 81.0 cm³/mol. The molecule has 0 saturated heterocycles. The molecule has 3 aliphatic rings. The van der Waals surface area contributed by atoms with Gasteiger partial charge >= 0.3 is 0 Å². The Labute approximate surface area is 123 Å². The van der Waals surface area contributed by atoms with Gasteiger partial charge in [0.2, 0.25) is 5.91 Å². The van der Waals surface area contributed by atoms with Crippen LogP contribution in [-0.4, -0.2) is 18.0 Å². The lowest BCUT2D eigenvalue weighted by Gasteiger charge is -2.37. The second kappa shape index (κ2) is 5.67. The van der Waals surface area contributed by atoms with Gasteiger partial charge in [-0.1, -0.05) is 26.7 Å². The van der Waals surface area contributed by atoms with E-state index in [1.807, 2.05) is 0 Å². The number of rotatable bonds is 3. The van der Waals surface area contributed by atoms with Gasteiger partial charge in [0.05, 0.1) is 5.92 Å². The topological polar surface area (TPSA) is 55.1 Å². The van der Waals surface area contributed by atoms with Crippen LogP contribution in [0.3, 0.4) is 0 Å². The molecule has 3 rings (SSSR count). The van der Waals surface area contributed by atoms with Gasteiger partial charge in [-0.05, 0) is 55.8 Å². The van der Waals surface area contributed by atoms with Crippen molar-refractivity contribution in [2.24, 2.45) is 35.3 Å². The van der Waals surface area contributed by atoms with E-state index in [1.165, 1.54) is 38.5 Å². The molecule has 114 valence electrons. The predicted octanol–water partition coefficient (Wildman–Crippen LogP) is 2.69. The minimum atomic E-state index is 0.100. The van der Waals surface area contributed by atoms with Crippen molar-refractivity contribution in [3.8, 4) is 0 Å². The van der Waals surface area contributed by atoms with Gasteiger partial charge in [-0.3, -0.25) is 4.79 Å². The highest BCUT2D eigenvalue weighted by Crippen LogP contribution is 2.47. The molecule has 3 saturated carbocycles. The lowest BCUT2D eigenvalue weighted by Crippen LogP contribution is -2.51. The summed E-state index contributed by atoms with van der Waals surface area (Å²) in [5, 5.41) is 3.39. The van der Waals surface area contributed by atoms with Crippen LogP contribution in [0, 0.1) is 29.6 Å². The molecule has 1 amide bonds. The monoisotopic (exact) mass is 278 g/mol. The summed E-state index contributed by atoms with van der Waals surface area (Å²) in [5.74, 6) is 2.86. The first-order valence-corrected chi connectivity index (χ1v) is 8.64. The standard InChI is InChI=1S/C17H30N2O/c1-10(2)13-5-3-4-6-14(13)19-17(20)15-11-7-8-12(9-11)16(15)18/h10-16H,3-9,18H2,1-2H3,(H,19,20). The quantitative estimate of drug-likeness (QED) is 0.834. The van der Waals surface area contributed by atoms with E-state index in [9.17, 15) is 4.79 Å². The Morgan fingerprint density at radius 1 is 1.10 bits per heavy atom. The molecule has 3 fully saturated rings. The smallest absolute Gasteiger partial charge is 0.225 e. The van der Waals surface area contributed by atoms with Crippen molar-refractivity contribution in [2.45, 2.75) is 70.9 Å². The van der Waals surface area contributed by atoms with Gasteiger partial charge < -0.3 is 11.1 Å². The van der Waals surface area contributed by atoms with Gasteiger partial charge in [0.15, 0.2) is 0 Å². The van der Waals surface area contributed by atoms with E-state index in [0.29, 0.717) is 29.7 Å². The lowest BCUT2D eigenvalue weighted by molar-refractivity contribution is -0.128. The molecule has 3 nitrogen and oxygen atoms in total. The molecule has 3 N–H and O–H groups in total. The summed E-state index contributed by atoms with van der Waals surface area (Å²) in [5.41, 5.74) is 6.30. The van der Waals surface area contributed by atoms with Crippen LogP contribution in [0.15, 0.2) is 0 Å². The number of amides is 1. The third kappa shape index (κ3) is 2.49. The highest BCUT2D eigenvalue weighted by Gasteiger charge is 2.49. The zero-order valence-electron chi connectivity index (χ0n) is 13.0. The van der Waals surface area contributed by atoms with Crippen LogP contribution in [0.4, 0.5) is 0 Å². The van der Waals surface area contributed by atoms with Crippen LogP contribution in [-0.2, 0) is 4.79 Å². The first kappa shape index (κ1) is 14.4. The van der Waals surface area contributed by atoms with Crippen LogP contribution in [0.5, 0.6) is 0 Å². The van der Waals surface area contributed by atoms with Crippen LogP contribution in [0.1, 0.15) is 58.8 Å². The average Bonchev–Trinajstić information content (AvgIpc) is 2.99. The van der Waals surface area contributed by atoms with Gasteiger partial charge in [0.1, 0.15) is 0 Å². The van der Waals surface area contributed by atoms with Crippen LogP contribution < -0.4 is 11.1 Å². The van der Waals surface area contributed by atoms with Crippen molar-refractivity contribution < 1.29 is 4.79 Å². The molecular formula is C17H30N2O. The molecule has 0 aromatic carbocycles. The molecule has 0 spiro atoms. The Bertz CT molecular complexity index is 366. The van der Waals surface area contributed by atoms with E-state index < -0.39 is 0 Å². The molecule has 0 aromatic heterocycles. The molecule has 6 atom stereocenters. The zero-order chi connectivity index (χ0) is 14.3. The maximum absolute atomic E-state index is 12.7. The molecule has 0 aromatic rings. The largest absolute Gasteiger partial charge is 0.353 e. The minimum Gasteiger partial charge on any atom is -0.353 e. The normalized spacial score (nSPS) is 44.0. The molecular weight excluding hydrogens is 248 g/mol. The van der Waals surface area contributed by atoms with E-state index >= 15 is 0 Å². The van der Waals surface area contributed by atoms with Crippen LogP contribution in [0.25, 0.3) is 0 Å². The SMILES string of the molecule is CC(C)C1CCCCC1NC(=O)C1C2CCC(C2)C1N. The Hall–Kier alpha value is -0.570. The maximum atomic E-state index is 12.7. The van der Waals surface area contributed by atoms with Crippen molar-refractivity contribution in [1.29, 1.82) is 0 Å². The van der Waals surface area contributed by atoms with Crippen molar-refractivity contribution in [2.75, 3.05) is 0 Å². The maximum Gasteiger partial charge on any atom is 0.225 e. The Morgan fingerprint density at radius 3 is 2.45 bits per heavy atom. The molecule has 0 heterocycles. The number of hydrogen-bond acceptors (Lipinski definition) is 2. The average molecular weight is 278 g/mol. The van der Waals surface area contributed by atoms with Gasteiger partial charge in [-0.15, -0.1) is 0 Å². The summed E-state index contributed by atoms with van der Waals surface area (Å²) in [6, 6.07) is 0.511. The summed E-state index contributed by atoms with van der Waals surface area (Å²) < 4.78 is 0. The summed E-state index contributed by atoms with van der Waals surface area (Å²) >= 11 is 0. The van der Waals surface area contributed by atoms with Gasteiger partial charge in [-0.25, -0.2) is 0 Å². The molecule has 0 aliphatic heterocycles. The fourth-order valence-corrected chi connectivity index (χ4v) is 5.14. The fraction of sp³-hybridized carbons (Fsp3) is 0.941. The second-order valence-electron chi connectivity index (χ2n) is 7.74. The van der Waals surface area contributed by atoms with Gasteiger partial charge in [-0.2, -0.15) is 0 Å². The van der Waals surface area contributed by atoms with E-state index in [2.05, 4.69) is 19.2 Å².